The van der Waals surface area contributed by atoms with E-state index in [1.807, 2.05) is 18.3 Å². The van der Waals surface area contributed by atoms with Gasteiger partial charge in [0.05, 0.1) is 12.7 Å². The summed E-state index contributed by atoms with van der Waals surface area (Å²) in [5.41, 5.74) is 6.38. The van der Waals surface area contributed by atoms with Gasteiger partial charge in [-0.3, -0.25) is 4.90 Å². The fourth-order valence-corrected chi connectivity index (χ4v) is 4.63. The second-order valence-electron chi connectivity index (χ2n) is 9.01. The summed E-state index contributed by atoms with van der Waals surface area (Å²) >= 11 is 0. The highest BCUT2D eigenvalue weighted by Crippen LogP contribution is 2.29. The largest absolute Gasteiger partial charge is 0.465 e. The highest BCUT2D eigenvalue weighted by atomic mass is 16.5. The molecule has 6 heteroatoms. The Bertz CT molecular complexity index is 1290. The van der Waals surface area contributed by atoms with Gasteiger partial charge in [-0.05, 0) is 59.6 Å². The average Bonchev–Trinajstić information content (AvgIpc) is 3.28. The number of carbonyl (C=O) groups excluding carboxylic acids is 1. The lowest BCUT2D eigenvalue weighted by molar-refractivity contribution is 0.0600. The number of hydrogen-bond acceptors (Lipinski definition) is 5. The summed E-state index contributed by atoms with van der Waals surface area (Å²) in [5, 5.41) is 1.14. The van der Waals surface area contributed by atoms with E-state index < -0.39 is 0 Å². The molecule has 0 saturated carbocycles. The number of carbonyl (C=O) groups is 1. The van der Waals surface area contributed by atoms with E-state index in [4.69, 9.17) is 4.74 Å². The number of hydrogen-bond donors (Lipinski definition) is 0. The molecular weight excluding hydrogens is 424 g/mol. The van der Waals surface area contributed by atoms with Gasteiger partial charge in [-0.2, -0.15) is 0 Å². The molecule has 0 radical (unpaired) electrons. The maximum absolute atomic E-state index is 11.7. The molecule has 174 valence electrons. The maximum atomic E-state index is 11.7. The average molecular weight is 455 g/mol. The number of piperazine rings is 1. The molecule has 0 atom stereocenters. The van der Waals surface area contributed by atoms with E-state index >= 15 is 0 Å². The second kappa shape index (κ2) is 9.79. The van der Waals surface area contributed by atoms with Crippen molar-refractivity contribution < 1.29 is 9.53 Å². The zero-order valence-electron chi connectivity index (χ0n) is 19.8. The molecule has 0 aliphatic carbocycles. The number of pyridine rings is 1. The van der Waals surface area contributed by atoms with Crippen molar-refractivity contribution in [3.8, 4) is 11.1 Å². The second-order valence-corrected chi connectivity index (χ2v) is 9.01. The summed E-state index contributed by atoms with van der Waals surface area (Å²) < 4.78 is 6.94. The molecule has 0 bridgehead atoms. The number of esters is 1. The van der Waals surface area contributed by atoms with Crippen LogP contribution in [0.25, 0.3) is 22.2 Å². The van der Waals surface area contributed by atoms with E-state index in [2.05, 4.69) is 69.0 Å². The van der Waals surface area contributed by atoms with Crippen molar-refractivity contribution in [1.29, 1.82) is 0 Å². The minimum atomic E-state index is -0.320. The van der Waals surface area contributed by atoms with Crippen LogP contribution >= 0.6 is 0 Å². The van der Waals surface area contributed by atoms with Crippen LogP contribution in [-0.2, 0) is 17.8 Å². The first kappa shape index (κ1) is 22.3. The molecule has 4 aromatic rings. The van der Waals surface area contributed by atoms with Crippen molar-refractivity contribution in [1.82, 2.24) is 19.4 Å². The monoisotopic (exact) mass is 454 g/mol. The van der Waals surface area contributed by atoms with Gasteiger partial charge in [0.1, 0.15) is 5.65 Å². The first-order chi connectivity index (χ1) is 16.6. The molecule has 0 amide bonds. The van der Waals surface area contributed by atoms with Crippen LogP contribution in [0.1, 0.15) is 21.5 Å². The van der Waals surface area contributed by atoms with Crippen LogP contribution in [-0.4, -0.2) is 65.7 Å². The van der Waals surface area contributed by atoms with Crippen LogP contribution in [0.4, 0.5) is 0 Å². The predicted octanol–water partition coefficient (Wildman–Crippen LogP) is 4.29. The third-order valence-corrected chi connectivity index (χ3v) is 6.63. The van der Waals surface area contributed by atoms with Crippen molar-refractivity contribution in [2.75, 3.05) is 40.3 Å². The Balaban J connectivity index is 1.38. The number of methoxy groups -OCH3 is 1. The summed E-state index contributed by atoms with van der Waals surface area (Å²) in [7, 11) is 3.59. The fraction of sp³-hybridized carbons (Fsp3) is 0.286. The third-order valence-electron chi connectivity index (χ3n) is 6.63. The quantitative estimate of drug-likeness (QED) is 0.407. The van der Waals surface area contributed by atoms with Gasteiger partial charge in [-0.25, -0.2) is 9.78 Å². The SMILES string of the molecule is COC(=O)c1ccc(Cn2ccc3c(-c4cccc(CN5CCN(C)CC5)c4)ccnc32)cc1. The number of fused-ring (bicyclic) bond motifs is 1. The van der Waals surface area contributed by atoms with Gasteiger partial charge < -0.3 is 14.2 Å². The Kier molecular flexibility index (Phi) is 6.43. The molecule has 3 heterocycles. The fourth-order valence-electron chi connectivity index (χ4n) is 4.63. The predicted molar refractivity (Wildman–Crippen MR) is 135 cm³/mol. The molecule has 0 unspecified atom stereocenters. The van der Waals surface area contributed by atoms with Crippen LogP contribution in [0, 0.1) is 0 Å². The molecule has 1 aliphatic rings. The van der Waals surface area contributed by atoms with Gasteiger partial charge in [0.15, 0.2) is 0 Å². The van der Waals surface area contributed by atoms with Gasteiger partial charge in [-0.1, -0.05) is 30.3 Å². The normalized spacial score (nSPS) is 15.0. The van der Waals surface area contributed by atoms with Gasteiger partial charge >= 0.3 is 5.97 Å². The molecule has 1 fully saturated rings. The molecular formula is C28H30N4O2. The number of nitrogens with zero attached hydrogens (tertiary/aromatic N) is 4. The maximum Gasteiger partial charge on any atom is 0.337 e. The van der Waals surface area contributed by atoms with Crippen molar-refractivity contribution in [3.63, 3.8) is 0 Å². The summed E-state index contributed by atoms with van der Waals surface area (Å²) in [5.74, 6) is -0.320. The zero-order valence-corrected chi connectivity index (χ0v) is 19.8. The van der Waals surface area contributed by atoms with Crippen molar-refractivity contribution in [2.24, 2.45) is 0 Å². The molecule has 5 rings (SSSR count). The van der Waals surface area contributed by atoms with E-state index in [-0.39, 0.29) is 5.97 Å². The Morgan fingerprint density at radius 1 is 0.941 bits per heavy atom. The van der Waals surface area contributed by atoms with E-state index in [1.165, 1.54) is 23.8 Å². The van der Waals surface area contributed by atoms with Crippen LogP contribution in [0.5, 0.6) is 0 Å². The standard InChI is InChI=1S/C28H30N4O2/c1-30-14-16-31(17-15-30)19-22-4-3-5-24(18-22)25-10-12-29-27-26(25)11-13-32(27)20-21-6-8-23(9-7-21)28(33)34-2/h3-13,18H,14-17,19-20H2,1-2H3. The van der Waals surface area contributed by atoms with Crippen LogP contribution in [0.2, 0.25) is 0 Å². The third kappa shape index (κ3) is 4.74. The molecule has 0 N–H and O–H groups in total. The molecule has 2 aromatic heterocycles. The van der Waals surface area contributed by atoms with Gasteiger partial charge in [0.2, 0.25) is 0 Å². The van der Waals surface area contributed by atoms with E-state index in [0.29, 0.717) is 12.1 Å². The first-order valence-electron chi connectivity index (χ1n) is 11.7. The van der Waals surface area contributed by atoms with Gasteiger partial charge in [0.25, 0.3) is 0 Å². The zero-order chi connectivity index (χ0) is 23.5. The molecule has 1 saturated heterocycles. The number of likely N-dealkylation sites (N-methyl/N-ethyl adjacent to an activating group) is 1. The lowest BCUT2D eigenvalue weighted by Crippen LogP contribution is -2.43. The molecule has 2 aromatic carbocycles. The Hall–Kier alpha value is -3.48. The van der Waals surface area contributed by atoms with Crippen molar-refractivity contribution in [3.05, 3.63) is 89.7 Å². The van der Waals surface area contributed by atoms with E-state index in [0.717, 1.165) is 49.3 Å². The highest BCUT2D eigenvalue weighted by Gasteiger charge is 2.15. The van der Waals surface area contributed by atoms with Crippen molar-refractivity contribution in [2.45, 2.75) is 13.1 Å². The van der Waals surface area contributed by atoms with Crippen LogP contribution in [0.3, 0.4) is 0 Å². The topological polar surface area (TPSA) is 50.6 Å². The molecule has 6 nitrogen and oxygen atoms in total. The smallest absolute Gasteiger partial charge is 0.337 e. The summed E-state index contributed by atoms with van der Waals surface area (Å²) in [4.78, 5) is 21.3. The minimum Gasteiger partial charge on any atom is -0.465 e. The Morgan fingerprint density at radius 3 is 2.50 bits per heavy atom. The van der Waals surface area contributed by atoms with E-state index in [9.17, 15) is 4.79 Å². The lowest BCUT2D eigenvalue weighted by atomic mass is 10.0. The number of aromatic nitrogens is 2. The Labute approximate surface area is 200 Å². The number of ether oxygens (including phenoxy) is 1. The minimum absolute atomic E-state index is 0.320. The van der Waals surface area contributed by atoms with Crippen molar-refractivity contribution >= 4 is 17.0 Å². The summed E-state index contributed by atoms with van der Waals surface area (Å²) in [6.45, 7) is 6.16. The van der Waals surface area contributed by atoms with Gasteiger partial charge in [-0.15, -0.1) is 0 Å². The number of benzene rings is 2. The summed E-state index contributed by atoms with van der Waals surface area (Å²) in [6, 6.07) is 20.7. The van der Waals surface area contributed by atoms with Gasteiger partial charge in [0, 0.05) is 57.0 Å². The highest BCUT2D eigenvalue weighted by molar-refractivity contribution is 5.93. The lowest BCUT2D eigenvalue weighted by Gasteiger charge is -2.32. The Morgan fingerprint density at radius 2 is 1.74 bits per heavy atom. The molecule has 1 aliphatic heterocycles. The first-order valence-corrected chi connectivity index (χ1v) is 11.7. The number of rotatable bonds is 6. The molecule has 34 heavy (non-hydrogen) atoms. The van der Waals surface area contributed by atoms with Crippen LogP contribution < -0.4 is 0 Å². The van der Waals surface area contributed by atoms with Crippen LogP contribution in [0.15, 0.2) is 73.1 Å². The molecule has 0 spiro atoms. The van der Waals surface area contributed by atoms with E-state index in [1.54, 1.807) is 12.1 Å². The summed E-state index contributed by atoms with van der Waals surface area (Å²) in [6.07, 6.45) is 3.98.